The van der Waals surface area contributed by atoms with E-state index in [1.165, 1.54) is 6.20 Å². The van der Waals surface area contributed by atoms with Crippen LogP contribution in [0.25, 0.3) is 0 Å². The molecule has 1 heterocycles. The van der Waals surface area contributed by atoms with E-state index in [4.69, 9.17) is 4.74 Å². The second-order valence-corrected chi connectivity index (χ2v) is 9.36. The van der Waals surface area contributed by atoms with Gasteiger partial charge in [-0.1, -0.05) is 26.0 Å². The fourth-order valence-electron chi connectivity index (χ4n) is 4.33. The summed E-state index contributed by atoms with van der Waals surface area (Å²) in [7, 11) is 1.70. The number of methoxy groups -OCH3 is 1. The van der Waals surface area contributed by atoms with E-state index in [-0.39, 0.29) is 34.1 Å². The summed E-state index contributed by atoms with van der Waals surface area (Å²) in [6, 6.07) is 8.80. The highest BCUT2D eigenvalue weighted by Crippen LogP contribution is 2.48. The van der Waals surface area contributed by atoms with Crippen molar-refractivity contribution >= 4 is 33.5 Å². The molecule has 0 radical (unpaired) electrons. The quantitative estimate of drug-likeness (QED) is 0.311. The number of halogens is 4. The summed E-state index contributed by atoms with van der Waals surface area (Å²) in [5.74, 6) is 0.171. The maximum Gasteiger partial charge on any atom is 0.418 e. The number of rotatable bonds is 8. The van der Waals surface area contributed by atoms with Gasteiger partial charge in [0.25, 0.3) is 0 Å². The van der Waals surface area contributed by atoms with Gasteiger partial charge < -0.3 is 10.1 Å². The lowest BCUT2D eigenvalue weighted by atomic mass is 9.58. The van der Waals surface area contributed by atoms with Crippen LogP contribution in [-0.2, 0) is 22.9 Å². The first-order chi connectivity index (χ1) is 15.6. The number of hydrogen-bond donors (Lipinski definition) is 1. The first-order valence-electron chi connectivity index (χ1n) is 10.8. The van der Waals surface area contributed by atoms with Crippen LogP contribution in [0.5, 0.6) is 0 Å². The molecule has 0 unspecified atom stereocenters. The van der Waals surface area contributed by atoms with Gasteiger partial charge in [-0.15, -0.1) is 0 Å². The molecule has 0 spiro atoms. The normalized spacial score (nSPS) is 21.5. The molecule has 9 heteroatoms. The first kappa shape index (κ1) is 25.4. The van der Waals surface area contributed by atoms with Crippen molar-refractivity contribution in [2.45, 2.75) is 57.9 Å². The standard InChI is InChI=1S/C24H28BrF3N4O/c1-5-31-32-22(15(2)3)23(11-19(12-23)33-4)16-7-6-8-18(9-16)29-14-21-20(24(26,27)28)10-17(25)13-30-21/h5-10,13,15,19,29H,11-12,14H2,1-4H3/b31-5-,32-22+. The predicted octanol–water partition coefficient (Wildman–Crippen LogP) is 6.62. The summed E-state index contributed by atoms with van der Waals surface area (Å²) in [5, 5.41) is 11.8. The van der Waals surface area contributed by atoms with Crippen molar-refractivity contribution in [1.82, 2.24) is 4.98 Å². The van der Waals surface area contributed by atoms with Crippen molar-refractivity contribution in [3.8, 4) is 0 Å². The Labute approximate surface area is 200 Å². The van der Waals surface area contributed by atoms with E-state index in [0.717, 1.165) is 30.2 Å². The van der Waals surface area contributed by atoms with Gasteiger partial charge in [0.1, 0.15) is 0 Å². The van der Waals surface area contributed by atoms with Gasteiger partial charge in [-0.3, -0.25) is 4.98 Å². The van der Waals surface area contributed by atoms with Crippen LogP contribution in [0.1, 0.15) is 50.4 Å². The Hall–Kier alpha value is -2.26. The molecule has 178 valence electrons. The van der Waals surface area contributed by atoms with Crippen LogP contribution >= 0.6 is 15.9 Å². The van der Waals surface area contributed by atoms with E-state index in [1.54, 1.807) is 13.3 Å². The number of pyridine rings is 1. The minimum absolute atomic E-state index is 0.0511. The van der Waals surface area contributed by atoms with Crippen LogP contribution in [0.4, 0.5) is 18.9 Å². The van der Waals surface area contributed by atoms with Gasteiger partial charge in [-0.05, 0) is 65.4 Å². The van der Waals surface area contributed by atoms with E-state index in [0.29, 0.717) is 5.69 Å². The largest absolute Gasteiger partial charge is 0.418 e. The summed E-state index contributed by atoms with van der Waals surface area (Å²) >= 11 is 3.07. The minimum Gasteiger partial charge on any atom is -0.381 e. The van der Waals surface area contributed by atoms with Crippen LogP contribution < -0.4 is 5.32 Å². The number of nitrogens with zero attached hydrogens (tertiary/aromatic N) is 3. The van der Waals surface area contributed by atoms with Crippen molar-refractivity contribution in [3.05, 3.63) is 57.8 Å². The van der Waals surface area contributed by atoms with Crippen molar-refractivity contribution in [2.24, 2.45) is 16.1 Å². The van der Waals surface area contributed by atoms with E-state index in [2.05, 4.69) is 50.3 Å². The fourth-order valence-corrected chi connectivity index (χ4v) is 4.66. The summed E-state index contributed by atoms with van der Waals surface area (Å²) in [5.41, 5.74) is 1.58. The van der Waals surface area contributed by atoms with E-state index in [9.17, 15) is 13.2 Å². The Bertz CT molecular complexity index is 1030. The lowest BCUT2D eigenvalue weighted by Crippen LogP contribution is -2.52. The highest BCUT2D eigenvalue weighted by atomic mass is 79.9. The van der Waals surface area contributed by atoms with Gasteiger partial charge in [0, 0.05) is 35.1 Å². The molecular formula is C24H28BrF3N4O. The Morgan fingerprint density at radius 2 is 2.06 bits per heavy atom. The molecule has 1 saturated carbocycles. The average Bonchev–Trinajstić information content (AvgIpc) is 2.73. The van der Waals surface area contributed by atoms with E-state index in [1.807, 2.05) is 31.2 Å². The van der Waals surface area contributed by atoms with Gasteiger partial charge in [-0.25, -0.2) is 0 Å². The van der Waals surface area contributed by atoms with Gasteiger partial charge in [0.05, 0.1) is 29.6 Å². The molecule has 0 saturated heterocycles. The second kappa shape index (κ2) is 10.3. The third-order valence-corrected chi connectivity index (χ3v) is 6.35. The molecule has 0 aliphatic heterocycles. The molecule has 2 aromatic rings. The third-order valence-electron chi connectivity index (χ3n) is 5.92. The minimum atomic E-state index is -4.48. The highest BCUT2D eigenvalue weighted by Gasteiger charge is 2.50. The number of anilines is 1. The predicted molar refractivity (Wildman–Crippen MR) is 129 cm³/mol. The fraction of sp³-hybridized carbons (Fsp3) is 0.458. The molecule has 1 aliphatic carbocycles. The summed E-state index contributed by atoms with van der Waals surface area (Å²) < 4.78 is 46.2. The lowest BCUT2D eigenvalue weighted by Gasteiger charge is -2.49. The van der Waals surface area contributed by atoms with Gasteiger partial charge in [0.2, 0.25) is 0 Å². The Kier molecular flexibility index (Phi) is 7.95. The van der Waals surface area contributed by atoms with Gasteiger partial charge >= 0.3 is 6.18 Å². The maximum atomic E-state index is 13.4. The maximum absolute atomic E-state index is 13.4. The molecule has 1 fully saturated rings. The smallest absolute Gasteiger partial charge is 0.381 e. The Morgan fingerprint density at radius 3 is 2.67 bits per heavy atom. The molecule has 1 aliphatic rings. The van der Waals surface area contributed by atoms with Crippen molar-refractivity contribution in [3.63, 3.8) is 0 Å². The molecule has 1 aromatic heterocycles. The van der Waals surface area contributed by atoms with Crippen LogP contribution in [-0.4, -0.2) is 30.1 Å². The molecule has 0 atom stereocenters. The van der Waals surface area contributed by atoms with Crippen molar-refractivity contribution in [2.75, 3.05) is 12.4 Å². The average molecular weight is 525 g/mol. The third kappa shape index (κ3) is 5.63. The zero-order valence-electron chi connectivity index (χ0n) is 19.1. The van der Waals surface area contributed by atoms with Gasteiger partial charge in [-0.2, -0.15) is 23.4 Å². The Morgan fingerprint density at radius 1 is 1.33 bits per heavy atom. The van der Waals surface area contributed by atoms with E-state index >= 15 is 0 Å². The summed E-state index contributed by atoms with van der Waals surface area (Å²) in [6.45, 7) is 5.95. The molecule has 1 aromatic carbocycles. The molecule has 0 bridgehead atoms. The van der Waals surface area contributed by atoms with E-state index < -0.39 is 11.7 Å². The van der Waals surface area contributed by atoms with Crippen LogP contribution in [0.15, 0.2) is 51.2 Å². The molecule has 5 nitrogen and oxygen atoms in total. The monoisotopic (exact) mass is 524 g/mol. The molecule has 0 amide bonds. The van der Waals surface area contributed by atoms with Crippen LogP contribution in [0.2, 0.25) is 0 Å². The number of hydrogen-bond acceptors (Lipinski definition) is 5. The number of nitrogens with one attached hydrogen (secondary N) is 1. The number of alkyl halides is 3. The SMILES string of the molecule is C/C=N\N=C(/C(C)C)C1(c2cccc(NCc3ncc(Br)cc3C(F)(F)F)c2)CC(OC)C1. The topological polar surface area (TPSA) is 58.9 Å². The van der Waals surface area contributed by atoms with Gasteiger partial charge in [0.15, 0.2) is 0 Å². The van der Waals surface area contributed by atoms with Crippen LogP contribution in [0, 0.1) is 5.92 Å². The number of aromatic nitrogens is 1. The van der Waals surface area contributed by atoms with Crippen molar-refractivity contribution < 1.29 is 17.9 Å². The number of ether oxygens (including phenoxy) is 1. The zero-order valence-corrected chi connectivity index (χ0v) is 20.7. The summed E-state index contributed by atoms with van der Waals surface area (Å²) in [6.07, 6.45) is 0.215. The zero-order chi connectivity index (χ0) is 24.2. The second-order valence-electron chi connectivity index (χ2n) is 8.44. The Balaban J connectivity index is 1.91. The lowest BCUT2D eigenvalue weighted by molar-refractivity contribution is -0.138. The van der Waals surface area contributed by atoms with Crippen molar-refractivity contribution in [1.29, 1.82) is 0 Å². The molecule has 1 N–H and O–H groups in total. The summed E-state index contributed by atoms with van der Waals surface area (Å²) in [4.78, 5) is 3.98. The molecular weight excluding hydrogens is 497 g/mol. The number of benzene rings is 1. The first-order valence-corrected chi connectivity index (χ1v) is 11.5. The van der Waals surface area contributed by atoms with Crippen LogP contribution in [0.3, 0.4) is 0 Å². The molecule has 33 heavy (non-hydrogen) atoms. The highest BCUT2D eigenvalue weighted by molar-refractivity contribution is 9.10. The molecule has 3 rings (SSSR count).